The molecule has 0 aliphatic carbocycles. The number of benzene rings is 2. The van der Waals surface area contributed by atoms with Crippen LogP contribution in [0.5, 0.6) is 11.5 Å². The summed E-state index contributed by atoms with van der Waals surface area (Å²) in [5.74, 6) is -0.861. The van der Waals surface area contributed by atoms with Gasteiger partial charge in [-0.2, -0.15) is 0 Å². The number of H-pyrrole nitrogens is 2. The SMILES string of the molecule is O=c1[nH]c(=O)n(Cc2ccc(OC(CO)Oc3ccc(Cn4oc(=O)[nH]c4=O)cc3)cc2)o1. The number of nitrogens with zero attached hydrogens (tertiary/aromatic N) is 2. The third-order valence-corrected chi connectivity index (χ3v) is 4.44. The predicted molar refractivity (Wildman–Crippen MR) is 110 cm³/mol. The van der Waals surface area contributed by atoms with Crippen LogP contribution in [0.2, 0.25) is 0 Å². The van der Waals surface area contributed by atoms with Crippen molar-refractivity contribution in [3.63, 3.8) is 0 Å². The van der Waals surface area contributed by atoms with Crippen molar-refractivity contribution in [3.05, 3.63) is 102 Å². The number of aromatic nitrogens is 4. The van der Waals surface area contributed by atoms with Crippen molar-refractivity contribution in [3.8, 4) is 11.5 Å². The fourth-order valence-electron chi connectivity index (χ4n) is 2.92. The predicted octanol–water partition coefficient (Wildman–Crippen LogP) is -0.555. The Bertz CT molecular complexity index is 1330. The topological polar surface area (TPSA) is 175 Å². The lowest BCUT2D eigenvalue weighted by molar-refractivity contribution is -0.0350. The number of hydrogen-bond donors (Lipinski definition) is 3. The van der Waals surface area contributed by atoms with Gasteiger partial charge in [-0.1, -0.05) is 24.3 Å². The second kappa shape index (κ2) is 9.32. The summed E-state index contributed by atoms with van der Waals surface area (Å²) in [6.45, 7) is -0.317. The van der Waals surface area contributed by atoms with Gasteiger partial charge in [0.1, 0.15) is 18.1 Å². The minimum atomic E-state index is -1.00. The second-order valence-electron chi connectivity index (χ2n) is 6.83. The fourth-order valence-corrected chi connectivity index (χ4v) is 2.92. The molecule has 13 heteroatoms. The van der Waals surface area contributed by atoms with Crippen molar-refractivity contribution in [1.29, 1.82) is 0 Å². The quantitative estimate of drug-likeness (QED) is 0.278. The largest absolute Gasteiger partial charge is 0.452 e. The third-order valence-electron chi connectivity index (χ3n) is 4.44. The molecule has 2 heterocycles. The Kier molecular flexibility index (Phi) is 6.13. The van der Waals surface area contributed by atoms with Gasteiger partial charge >= 0.3 is 22.9 Å². The van der Waals surface area contributed by atoms with Crippen molar-refractivity contribution < 1.29 is 23.6 Å². The molecule has 0 saturated carbocycles. The zero-order chi connectivity index (χ0) is 23.4. The molecule has 0 bridgehead atoms. The van der Waals surface area contributed by atoms with Crippen LogP contribution in [0.4, 0.5) is 0 Å². The number of nitrogens with one attached hydrogen (secondary N) is 2. The molecule has 33 heavy (non-hydrogen) atoms. The molecule has 4 aromatic rings. The summed E-state index contributed by atoms with van der Waals surface area (Å²) < 4.78 is 22.5. The highest BCUT2D eigenvalue weighted by Crippen LogP contribution is 2.18. The van der Waals surface area contributed by atoms with E-state index in [1.54, 1.807) is 48.5 Å². The van der Waals surface area contributed by atoms with E-state index in [-0.39, 0.29) is 13.1 Å². The number of rotatable bonds is 9. The molecule has 4 rings (SSSR count). The van der Waals surface area contributed by atoms with Crippen molar-refractivity contribution in [1.82, 2.24) is 19.4 Å². The van der Waals surface area contributed by atoms with Crippen LogP contribution in [-0.2, 0) is 13.1 Å². The van der Waals surface area contributed by atoms with Crippen LogP contribution in [0.3, 0.4) is 0 Å². The van der Waals surface area contributed by atoms with E-state index >= 15 is 0 Å². The zero-order valence-corrected chi connectivity index (χ0v) is 16.9. The Morgan fingerprint density at radius 2 is 1.12 bits per heavy atom. The Labute approximate surface area is 183 Å². The van der Waals surface area contributed by atoms with Crippen LogP contribution in [0, 0.1) is 0 Å². The molecule has 3 N–H and O–H groups in total. The lowest BCUT2D eigenvalue weighted by atomic mass is 10.2. The van der Waals surface area contributed by atoms with Crippen LogP contribution < -0.4 is 32.4 Å². The van der Waals surface area contributed by atoms with Crippen molar-refractivity contribution in [2.75, 3.05) is 6.61 Å². The monoisotopic (exact) mass is 458 g/mol. The summed E-state index contributed by atoms with van der Waals surface area (Å²) in [6, 6.07) is 13.1. The second-order valence-corrected chi connectivity index (χ2v) is 6.83. The molecule has 0 spiro atoms. The average molecular weight is 458 g/mol. The van der Waals surface area contributed by atoms with Gasteiger partial charge in [0.2, 0.25) is 0 Å². The van der Waals surface area contributed by atoms with Gasteiger partial charge in [-0.05, 0) is 35.4 Å². The summed E-state index contributed by atoms with van der Waals surface area (Å²) in [5, 5.41) is 9.60. The van der Waals surface area contributed by atoms with E-state index < -0.39 is 35.8 Å². The number of aliphatic hydroxyl groups is 1. The van der Waals surface area contributed by atoms with E-state index in [0.717, 1.165) is 9.48 Å². The molecule has 0 fully saturated rings. The Hall–Kier alpha value is -4.52. The molecule has 0 atom stereocenters. The molecule has 2 aromatic carbocycles. The molecule has 0 aliphatic heterocycles. The summed E-state index contributed by atoms with van der Waals surface area (Å²) in [7, 11) is 0. The molecule has 2 aromatic heterocycles. The summed E-state index contributed by atoms with van der Waals surface area (Å²) in [4.78, 5) is 49.1. The normalized spacial score (nSPS) is 11.1. The molecular weight excluding hydrogens is 440 g/mol. The van der Waals surface area contributed by atoms with Crippen LogP contribution >= 0.6 is 0 Å². The van der Waals surface area contributed by atoms with Crippen LogP contribution in [0.15, 0.2) is 76.8 Å². The van der Waals surface area contributed by atoms with Gasteiger partial charge in [-0.25, -0.2) is 29.1 Å². The maximum Gasteiger partial charge on any atom is 0.440 e. The first-order valence-electron chi connectivity index (χ1n) is 9.62. The first-order valence-corrected chi connectivity index (χ1v) is 9.62. The van der Waals surface area contributed by atoms with Crippen LogP contribution in [-0.4, -0.2) is 37.5 Å². The third kappa shape index (κ3) is 5.40. The van der Waals surface area contributed by atoms with Gasteiger partial charge in [-0.3, -0.25) is 0 Å². The van der Waals surface area contributed by atoms with Gasteiger partial charge in [0.05, 0.1) is 13.1 Å². The van der Waals surface area contributed by atoms with E-state index in [1.165, 1.54) is 0 Å². The fraction of sp³-hybridized carbons (Fsp3) is 0.200. The lowest BCUT2D eigenvalue weighted by Gasteiger charge is -2.19. The number of hydrogen-bond acceptors (Lipinski definition) is 9. The van der Waals surface area contributed by atoms with E-state index in [4.69, 9.17) is 18.5 Å². The van der Waals surface area contributed by atoms with E-state index in [2.05, 4.69) is 0 Å². The highest BCUT2D eigenvalue weighted by Gasteiger charge is 2.12. The van der Waals surface area contributed by atoms with E-state index in [0.29, 0.717) is 22.6 Å². The average Bonchev–Trinajstić information content (AvgIpc) is 3.28. The number of ether oxygens (including phenoxy) is 2. The molecule has 0 aliphatic rings. The summed E-state index contributed by atoms with van der Waals surface area (Å²) in [5.41, 5.74) is 0.0674. The Morgan fingerprint density at radius 1 is 0.727 bits per heavy atom. The van der Waals surface area contributed by atoms with Crippen LogP contribution in [0.25, 0.3) is 0 Å². The van der Waals surface area contributed by atoms with E-state index in [1.807, 2.05) is 9.97 Å². The molecule has 0 unspecified atom stereocenters. The number of aliphatic hydroxyl groups excluding tert-OH is 1. The van der Waals surface area contributed by atoms with E-state index in [9.17, 15) is 24.3 Å². The Morgan fingerprint density at radius 3 is 1.42 bits per heavy atom. The molecule has 172 valence electrons. The molecule has 0 amide bonds. The smallest absolute Gasteiger partial charge is 0.440 e. The lowest BCUT2D eigenvalue weighted by Crippen LogP contribution is -2.28. The maximum atomic E-state index is 11.5. The van der Waals surface area contributed by atoms with Gasteiger partial charge in [0.15, 0.2) is 0 Å². The molecule has 0 radical (unpaired) electrons. The maximum absolute atomic E-state index is 11.5. The summed E-state index contributed by atoms with van der Waals surface area (Å²) >= 11 is 0. The van der Waals surface area contributed by atoms with Crippen molar-refractivity contribution in [2.45, 2.75) is 19.4 Å². The van der Waals surface area contributed by atoms with Gasteiger partial charge < -0.3 is 23.6 Å². The molecule has 13 nitrogen and oxygen atoms in total. The summed E-state index contributed by atoms with van der Waals surface area (Å²) in [6.07, 6.45) is -1.00. The van der Waals surface area contributed by atoms with Crippen molar-refractivity contribution in [2.24, 2.45) is 0 Å². The molecular formula is C20H18N4O9. The van der Waals surface area contributed by atoms with Gasteiger partial charge in [-0.15, -0.1) is 9.48 Å². The highest BCUT2D eigenvalue weighted by atomic mass is 16.7. The minimum absolute atomic E-state index is 0.0580. The van der Waals surface area contributed by atoms with Crippen LogP contribution in [0.1, 0.15) is 11.1 Å². The van der Waals surface area contributed by atoms with Crippen molar-refractivity contribution >= 4 is 0 Å². The first-order chi connectivity index (χ1) is 15.9. The standard InChI is InChI=1S/C20H18N4O9/c25-11-16(30-14-5-1-12(2-6-14)9-23-17(26)21-19(28)32-23)31-15-7-3-13(4-8-15)10-24-18(27)22-20(29)33-24/h1-8,16,25H,9-11H2,(H,21,26,28)(H,22,27,29). The first kappa shape index (κ1) is 21.7. The minimum Gasteiger partial charge on any atom is -0.452 e. The number of aromatic amines is 2. The van der Waals surface area contributed by atoms with Gasteiger partial charge in [0, 0.05) is 0 Å². The Balaban J connectivity index is 1.36. The van der Waals surface area contributed by atoms with Gasteiger partial charge in [0.25, 0.3) is 6.29 Å². The highest BCUT2D eigenvalue weighted by molar-refractivity contribution is 5.29. The molecule has 0 saturated heterocycles. The zero-order valence-electron chi connectivity index (χ0n) is 16.9.